The van der Waals surface area contributed by atoms with E-state index in [1.165, 1.54) is 24.0 Å². The van der Waals surface area contributed by atoms with Gasteiger partial charge < -0.3 is 20.1 Å². The third-order valence-electron chi connectivity index (χ3n) is 4.11. The summed E-state index contributed by atoms with van der Waals surface area (Å²) in [5.74, 6) is 0. The minimum Gasteiger partial charge on any atom is -0.355 e. The molecule has 1 saturated heterocycles. The highest BCUT2D eigenvalue weighted by molar-refractivity contribution is 5.90. The minimum absolute atomic E-state index is 0.0502. The molecule has 5 nitrogen and oxygen atoms in total. The number of aryl methyl sites for hydroxylation is 1. The Bertz CT molecular complexity index is 498. The van der Waals surface area contributed by atoms with Crippen LogP contribution in [0.2, 0.25) is 0 Å². The van der Waals surface area contributed by atoms with Crippen molar-refractivity contribution in [3.8, 4) is 0 Å². The van der Waals surface area contributed by atoms with E-state index in [9.17, 15) is 4.79 Å². The summed E-state index contributed by atoms with van der Waals surface area (Å²) >= 11 is 0. The van der Waals surface area contributed by atoms with Gasteiger partial charge in [-0.2, -0.15) is 0 Å². The third kappa shape index (κ3) is 3.74. The molecule has 2 amide bonds. The van der Waals surface area contributed by atoms with Crippen molar-refractivity contribution in [2.45, 2.75) is 38.2 Å². The summed E-state index contributed by atoms with van der Waals surface area (Å²) in [5, 5.41) is 5.85. The lowest BCUT2D eigenvalue weighted by Crippen LogP contribution is -2.39. The van der Waals surface area contributed by atoms with Crippen LogP contribution in [0.1, 0.15) is 30.4 Å². The number of ether oxygens (including phenoxy) is 2. The second kappa shape index (κ2) is 6.91. The number of rotatable bonds is 3. The highest BCUT2D eigenvalue weighted by atomic mass is 16.7. The highest BCUT2D eigenvalue weighted by Crippen LogP contribution is 2.27. The molecule has 1 heterocycles. The predicted molar refractivity (Wildman–Crippen MR) is 80.4 cm³/mol. The molecular weight excluding hydrogens is 268 g/mol. The number of hydrogen-bond acceptors (Lipinski definition) is 3. The number of anilines is 1. The van der Waals surface area contributed by atoms with Gasteiger partial charge in [-0.25, -0.2) is 4.79 Å². The van der Waals surface area contributed by atoms with E-state index in [0.29, 0.717) is 19.9 Å². The van der Waals surface area contributed by atoms with E-state index in [1.807, 2.05) is 12.1 Å². The fourth-order valence-corrected chi connectivity index (χ4v) is 2.93. The summed E-state index contributed by atoms with van der Waals surface area (Å²) in [7, 11) is 0. The van der Waals surface area contributed by atoms with Crippen LogP contribution >= 0.6 is 0 Å². The maximum atomic E-state index is 12.0. The fraction of sp³-hybridized carbons (Fsp3) is 0.562. The zero-order chi connectivity index (χ0) is 14.5. The molecule has 2 N–H and O–H groups in total. The van der Waals surface area contributed by atoms with Crippen molar-refractivity contribution in [2.75, 3.05) is 25.3 Å². The molecule has 0 spiro atoms. The van der Waals surface area contributed by atoms with Gasteiger partial charge in [-0.3, -0.25) is 0 Å². The van der Waals surface area contributed by atoms with Crippen molar-refractivity contribution in [3.63, 3.8) is 0 Å². The van der Waals surface area contributed by atoms with Gasteiger partial charge in [0.15, 0.2) is 0 Å². The van der Waals surface area contributed by atoms with Crippen molar-refractivity contribution in [2.24, 2.45) is 0 Å². The normalized spacial score (nSPS) is 21.4. The van der Waals surface area contributed by atoms with Gasteiger partial charge in [-0.15, -0.1) is 0 Å². The molecule has 1 aromatic rings. The first-order valence-electron chi connectivity index (χ1n) is 7.68. The Balaban J connectivity index is 1.55. The summed E-state index contributed by atoms with van der Waals surface area (Å²) in [6.07, 6.45) is 5.47. The summed E-state index contributed by atoms with van der Waals surface area (Å²) in [5.41, 5.74) is 3.60. The van der Waals surface area contributed by atoms with E-state index >= 15 is 0 Å². The average Bonchev–Trinajstić information content (AvgIpc) is 2.54. The first-order valence-corrected chi connectivity index (χ1v) is 7.68. The van der Waals surface area contributed by atoms with Gasteiger partial charge in [0.1, 0.15) is 6.79 Å². The molecule has 0 radical (unpaired) electrons. The predicted octanol–water partition coefficient (Wildman–Crippen LogP) is 2.45. The van der Waals surface area contributed by atoms with E-state index in [-0.39, 0.29) is 12.1 Å². The van der Waals surface area contributed by atoms with Gasteiger partial charge in [-0.05, 0) is 49.3 Å². The van der Waals surface area contributed by atoms with Crippen LogP contribution in [0.3, 0.4) is 0 Å². The van der Waals surface area contributed by atoms with Crippen LogP contribution in [0.25, 0.3) is 0 Å². The van der Waals surface area contributed by atoms with E-state index in [2.05, 4.69) is 16.7 Å². The second-order valence-electron chi connectivity index (χ2n) is 5.59. The number of urea groups is 1. The molecule has 2 aliphatic rings. The topological polar surface area (TPSA) is 59.6 Å². The minimum atomic E-state index is -0.163. The molecule has 1 atom stereocenters. The molecule has 0 bridgehead atoms. The molecule has 1 aromatic carbocycles. The number of hydrogen-bond donors (Lipinski definition) is 2. The van der Waals surface area contributed by atoms with E-state index in [0.717, 1.165) is 24.9 Å². The largest absolute Gasteiger partial charge is 0.355 e. The quantitative estimate of drug-likeness (QED) is 0.899. The van der Waals surface area contributed by atoms with Crippen LogP contribution in [0.15, 0.2) is 18.2 Å². The Labute approximate surface area is 125 Å². The molecule has 1 aliphatic carbocycles. The van der Waals surface area contributed by atoms with Crippen molar-refractivity contribution in [1.82, 2.24) is 5.32 Å². The highest BCUT2D eigenvalue weighted by Gasteiger charge is 2.17. The van der Waals surface area contributed by atoms with Crippen molar-refractivity contribution in [1.29, 1.82) is 0 Å². The van der Waals surface area contributed by atoms with Gasteiger partial charge in [0, 0.05) is 12.2 Å². The maximum absolute atomic E-state index is 12.0. The molecule has 1 aliphatic heterocycles. The number of nitrogens with one attached hydrogen (secondary N) is 2. The summed E-state index contributed by atoms with van der Waals surface area (Å²) < 4.78 is 10.5. The van der Waals surface area contributed by atoms with Gasteiger partial charge in [0.25, 0.3) is 0 Å². The summed E-state index contributed by atoms with van der Waals surface area (Å²) in [6, 6.07) is 5.99. The molecule has 21 heavy (non-hydrogen) atoms. The first-order chi connectivity index (χ1) is 10.3. The molecular formula is C16H22N2O3. The van der Waals surface area contributed by atoms with E-state index in [4.69, 9.17) is 9.47 Å². The maximum Gasteiger partial charge on any atom is 0.319 e. The molecule has 3 rings (SSSR count). The van der Waals surface area contributed by atoms with Gasteiger partial charge in [0.05, 0.1) is 12.7 Å². The Morgan fingerprint density at radius 3 is 3.05 bits per heavy atom. The standard InChI is InChI=1S/C16H22N2O3/c19-16(17-10-13-8-9-20-11-21-13)18-15-7-3-5-12-4-1-2-6-14(12)15/h3,5,7,13H,1-2,4,6,8-11H2,(H2,17,18,19). The number of fused-ring (bicyclic) bond motifs is 1. The molecule has 1 fully saturated rings. The summed E-state index contributed by atoms with van der Waals surface area (Å²) in [4.78, 5) is 12.0. The lowest BCUT2D eigenvalue weighted by molar-refractivity contribution is -0.136. The fourth-order valence-electron chi connectivity index (χ4n) is 2.93. The number of benzene rings is 1. The number of carbonyl (C=O) groups excluding carboxylic acids is 1. The third-order valence-corrected chi connectivity index (χ3v) is 4.11. The van der Waals surface area contributed by atoms with E-state index in [1.54, 1.807) is 0 Å². The Morgan fingerprint density at radius 2 is 2.19 bits per heavy atom. The molecule has 0 aromatic heterocycles. The number of amides is 2. The molecule has 1 unspecified atom stereocenters. The zero-order valence-electron chi connectivity index (χ0n) is 12.2. The molecule has 114 valence electrons. The smallest absolute Gasteiger partial charge is 0.319 e. The second-order valence-corrected chi connectivity index (χ2v) is 5.59. The van der Waals surface area contributed by atoms with Gasteiger partial charge in [0.2, 0.25) is 0 Å². The van der Waals surface area contributed by atoms with Crippen molar-refractivity contribution in [3.05, 3.63) is 29.3 Å². The SMILES string of the molecule is O=C(NCC1CCOCO1)Nc1cccc2c1CCCC2. The van der Waals surface area contributed by atoms with Crippen LogP contribution in [-0.2, 0) is 22.3 Å². The molecule has 0 saturated carbocycles. The van der Waals surface area contributed by atoms with Crippen LogP contribution in [0.4, 0.5) is 10.5 Å². The Hall–Kier alpha value is -1.59. The van der Waals surface area contributed by atoms with Crippen LogP contribution < -0.4 is 10.6 Å². The van der Waals surface area contributed by atoms with Gasteiger partial charge >= 0.3 is 6.03 Å². The molecule has 5 heteroatoms. The van der Waals surface area contributed by atoms with E-state index < -0.39 is 0 Å². The van der Waals surface area contributed by atoms with Crippen LogP contribution in [0.5, 0.6) is 0 Å². The average molecular weight is 290 g/mol. The van der Waals surface area contributed by atoms with Crippen LogP contribution in [0, 0.1) is 0 Å². The first kappa shape index (κ1) is 14.4. The van der Waals surface area contributed by atoms with Gasteiger partial charge in [-0.1, -0.05) is 12.1 Å². The van der Waals surface area contributed by atoms with Crippen LogP contribution in [-0.4, -0.2) is 32.1 Å². The van der Waals surface area contributed by atoms with Crippen molar-refractivity contribution >= 4 is 11.7 Å². The monoisotopic (exact) mass is 290 g/mol. The lowest BCUT2D eigenvalue weighted by Gasteiger charge is -2.23. The van der Waals surface area contributed by atoms with Crippen molar-refractivity contribution < 1.29 is 14.3 Å². The summed E-state index contributed by atoms with van der Waals surface area (Å²) in [6.45, 7) is 1.53. The number of carbonyl (C=O) groups is 1. The lowest BCUT2D eigenvalue weighted by atomic mass is 9.90. The Kier molecular flexibility index (Phi) is 4.72. The Morgan fingerprint density at radius 1 is 1.29 bits per heavy atom. The zero-order valence-corrected chi connectivity index (χ0v) is 12.2.